The molecular formula is C21H23FN2O3S. The summed E-state index contributed by atoms with van der Waals surface area (Å²) in [5.74, 6) is -0.802. The molecule has 1 N–H and O–H groups in total. The molecule has 0 aliphatic rings. The number of fused-ring (bicyclic) bond motifs is 1. The fourth-order valence-corrected chi connectivity index (χ4v) is 3.67. The molecule has 148 valence electrons. The first kappa shape index (κ1) is 20.2. The van der Waals surface area contributed by atoms with Crippen molar-refractivity contribution in [2.45, 2.75) is 26.2 Å². The first-order valence-electron chi connectivity index (χ1n) is 9.17. The highest BCUT2D eigenvalue weighted by Gasteiger charge is 2.14. The second kappa shape index (κ2) is 9.61. The lowest BCUT2D eigenvalue weighted by Crippen LogP contribution is -2.13. The lowest BCUT2D eigenvalue weighted by Gasteiger charge is -2.11. The molecule has 0 saturated carbocycles. The molecule has 1 aromatic heterocycles. The molecule has 3 rings (SSSR count). The Morgan fingerprint density at radius 1 is 1.18 bits per heavy atom. The third kappa shape index (κ3) is 5.05. The van der Waals surface area contributed by atoms with Gasteiger partial charge < -0.3 is 14.8 Å². The third-order valence-corrected chi connectivity index (χ3v) is 5.15. The SMILES string of the molecule is COCCCCCOc1cccc(NC(=O)c2ccc3nc(C)sc3c2)c1F. The minimum absolute atomic E-state index is 0.0995. The van der Waals surface area contributed by atoms with Gasteiger partial charge in [0.25, 0.3) is 5.91 Å². The van der Waals surface area contributed by atoms with Crippen molar-refractivity contribution in [3.63, 3.8) is 0 Å². The molecule has 1 amide bonds. The molecule has 7 heteroatoms. The fraction of sp³-hybridized carbons (Fsp3) is 0.333. The monoisotopic (exact) mass is 402 g/mol. The van der Waals surface area contributed by atoms with E-state index in [-0.39, 0.29) is 17.3 Å². The Hall–Kier alpha value is -2.51. The van der Waals surface area contributed by atoms with Crippen LogP contribution in [0.25, 0.3) is 10.2 Å². The van der Waals surface area contributed by atoms with Crippen molar-refractivity contribution >= 4 is 33.1 Å². The van der Waals surface area contributed by atoms with Gasteiger partial charge in [0.1, 0.15) is 0 Å². The van der Waals surface area contributed by atoms with E-state index in [1.165, 1.54) is 17.4 Å². The topological polar surface area (TPSA) is 60.5 Å². The zero-order chi connectivity index (χ0) is 19.9. The minimum Gasteiger partial charge on any atom is -0.490 e. The van der Waals surface area contributed by atoms with Crippen molar-refractivity contribution in [3.8, 4) is 5.75 Å². The van der Waals surface area contributed by atoms with Crippen molar-refractivity contribution in [3.05, 3.63) is 52.8 Å². The van der Waals surface area contributed by atoms with Crippen LogP contribution in [0.5, 0.6) is 5.75 Å². The van der Waals surface area contributed by atoms with Crippen LogP contribution in [0.4, 0.5) is 10.1 Å². The van der Waals surface area contributed by atoms with Gasteiger partial charge in [-0.1, -0.05) is 6.07 Å². The highest BCUT2D eigenvalue weighted by molar-refractivity contribution is 7.18. The first-order chi connectivity index (χ1) is 13.6. The van der Waals surface area contributed by atoms with E-state index in [9.17, 15) is 9.18 Å². The number of amides is 1. The summed E-state index contributed by atoms with van der Waals surface area (Å²) in [7, 11) is 1.67. The van der Waals surface area contributed by atoms with Gasteiger partial charge in [0.05, 0.1) is 27.5 Å². The largest absolute Gasteiger partial charge is 0.490 e. The number of anilines is 1. The number of nitrogens with one attached hydrogen (secondary N) is 1. The number of hydrogen-bond acceptors (Lipinski definition) is 5. The van der Waals surface area contributed by atoms with Crippen LogP contribution in [-0.2, 0) is 4.74 Å². The van der Waals surface area contributed by atoms with E-state index >= 15 is 0 Å². The van der Waals surface area contributed by atoms with E-state index in [0.717, 1.165) is 34.5 Å². The van der Waals surface area contributed by atoms with Crippen LogP contribution < -0.4 is 10.1 Å². The summed E-state index contributed by atoms with van der Waals surface area (Å²) >= 11 is 1.52. The molecule has 28 heavy (non-hydrogen) atoms. The summed E-state index contributed by atoms with van der Waals surface area (Å²) in [5, 5.41) is 3.57. The molecule has 2 aromatic carbocycles. The molecule has 0 atom stereocenters. The Morgan fingerprint density at radius 2 is 2.00 bits per heavy atom. The zero-order valence-corrected chi connectivity index (χ0v) is 16.8. The molecule has 0 saturated heterocycles. The Balaban J connectivity index is 1.63. The lowest BCUT2D eigenvalue weighted by atomic mass is 10.2. The van der Waals surface area contributed by atoms with Gasteiger partial charge in [0.2, 0.25) is 0 Å². The highest BCUT2D eigenvalue weighted by Crippen LogP contribution is 2.26. The molecule has 0 aliphatic carbocycles. The maximum Gasteiger partial charge on any atom is 0.255 e. The van der Waals surface area contributed by atoms with Crippen LogP contribution in [0.15, 0.2) is 36.4 Å². The van der Waals surface area contributed by atoms with Gasteiger partial charge in [-0.25, -0.2) is 9.37 Å². The number of thiazole rings is 1. The van der Waals surface area contributed by atoms with Gasteiger partial charge in [-0.2, -0.15) is 0 Å². The predicted octanol–water partition coefficient (Wildman–Crippen LogP) is 5.19. The van der Waals surface area contributed by atoms with E-state index in [2.05, 4.69) is 10.3 Å². The third-order valence-electron chi connectivity index (χ3n) is 4.22. The number of unbranched alkanes of at least 4 members (excludes halogenated alkanes) is 2. The molecule has 0 aliphatic heterocycles. The first-order valence-corrected chi connectivity index (χ1v) is 9.99. The average molecular weight is 402 g/mol. The Morgan fingerprint density at radius 3 is 2.82 bits per heavy atom. The van der Waals surface area contributed by atoms with Gasteiger partial charge in [-0.3, -0.25) is 4.79 Å². The van der Waals surface area contributed by atoms with E-state index < -0.39 is 5.82 Å². The highest BCUT2D eigenvalue weighted by atomic mass is 32.1. The van der Waals surface area contributed by atoms with Gasteiger partial charge in [0, 0.05) is 19.3 Å². The standard InChI is InChI=1S/C21H23FN2O3S/c1-14-23-16-10-9-15(13-19(16)28-14)21(25)24-17-7-6-8-18(20(17)22)27-12-5-3-4-11-26-2/h6-10,13H,3-5,11-12H2,1-2H3,(H,24,25). The molecule has 0 bridgehead atoms. The Kier molecular flexibility index (Phi) is 6.95. The van der Waals surface area contributed by atoms with Crippen molar-refractivity contribution < 1.29 is 18.7 Å². The normalized spacial score (nSPS) is 11.0. The van der Waals surface area contributed by atoms with Crippen LogP contribution in [0.2, 0.25) is 0 Å². The summed E-state index contributed by atoms with van der Waals surface area (Å²) in [4.78, 5) is 16.9. The Labute approximate surface area is 167 Å². The number of benzene rings is 2. The second-order valence-electron chi connectivity index (χ2n) is 6.39. The van der Waals surface area contributed by atoms with Crippen LogP contribution in [-0.4, -0.2) is 31.2 Å². The van der Waals surface area contributed by atoms with Crippen LogP contribution in [0, 0.1) is 12.7 Å². The van der Waals surface area contributed by atoms with Crippen LogP contribution in [0.1, 0.15) is 34.6 Å². The fourth-order valence-electron chi connectivity index (χ4n) is 2.80. The lowest BCUT2D eigenvalue weighted by molar-refractivity contribution is 0.102. The molecular weight excluding hydrogens is 379 g/mol. The molecule has 1 heterocycles. The van der Waals surface area contributed by atoms with Crippen LogP contribution in [0.3, 0.4) is 0 Å². The molecule has 3 aromatic rings. The van der Waals surface area contributed by atoms with Crippen molar-refractivity contribution in [1.29, 1.82) is 0 Å². The van der Waals surface area contributed by atoms with Gasteiger partial charge in [0.15, 0.2) is 11.6 Å². The van der Waals surface area contributed by atoms with Gasteiger partial charge in [-0.05, 0) is 56.5 Å². The smallest absolute Gasteiger partial charge is 0.255 e. The molecule has 0 radical (unpaired) electrons. The van der Waals surface area contributed by atoms with Crippen molar-refractivity contribution in [2.75, 3.05) is 25.6 Å². The summed E-state index contributed by atoms with van der Waals surface area (Å²) in [6.07, 6.45) is 2.71. The number of aryl methyl sites for hydroxylation is 1. The number of carbonyl (C=O) groups is 1. The maximum absolute atomic E-state index is 14.7. The molecule has 0 fully saturated rings. The van der Waals surface area contributed by atoms with Gasteiger partial charge >= 0.3 is 0 Å². The molecule has 0 spiro atoms. The molecule has 0 unspecified atom stereocenters. The number of halogens is 1. The van der Waals surface area contributed by atoms with E-state index in [4.69, 9.17) is 9.47 Å². The number of rotatable bonds is 9. The maximum atomic E-state index is 14.7. The number of methoxy groups -OCH3 is 1. The van der Waals surface area contributed by atoms with Crippen molar-refractivity contribution in [2.24, 2.45) is 0 Å². The number of nitrogens with zero attached hydrogens (tertiary/aromatic N) is 1. The minimum atomic E-state index is -0.567. The summed E-state index contributed by atoms with van der Waals surface area (Å²) in [6, 6.07) is 10.0. The van der Waals surface area contributed by atoms with Crippen LogP contribution >= 0.6 is 11.3 Å². The quantitative estimate of drug-likeness (QED) is 0.500. The Bertz CT molecular complexity index is 958. The van der Waals surface area contributed by atoms with Crippen molar-refractivity contribution in [1.82, 2.24) is 4.98 Å². The van der Waals surface area contributed by atoms with E-state index in [1.54, 1.807) is 37.4 Å². The zero-order valence-electron chi connectivity index (χ0n) is 16.0. The summed E-state index contributed by atoms with van der Waals surface area (Å²) in [6.45, 7) is 3.05. The number of ether oxygens (including phenoxy) is 2. The number of carbonyl (C=O) groups excluding carboxylic acids is 1. The summed E-state index contributed by atoms with van der Waals surface area (Å²) in [5.41, 5.74) is 1.41. The van der Waals surface area contributed by atoms with E-state index in [0.29, 0.717) is 18.8 Å². The van der Waals surface area contributed by atoms with Gasteiger partial charge in [-0.15, -0.1) is 11.3 Å². The molecule has 5 nitrogen and oxygen atoms in total. The van der Waals surface area contributed by atoms with E-state index in [1.807, 2.05) is 6.92 Å². The predicted molar refractivity (Wildman–Crippen MR) is 110 cm³/mol. The number of hydrogen-bond donors (Lipinski definition) is 1. The second-order valence-corrected chi connectivity index (χ2v) is 7.62. The average Bonchev–Trinajstić information content (AvgIpc) is 3.06. The number of aromatic nitrogens is 1. The summed E-state index contributed by atoms with van der Waals surface area (Å²) < 4.78 is 26.1.